The van der Waals surface area contributed by atoms with Crippen molar-refractivity contribution in [1.82, 2.24) is 8.61 Å². The molecule has 19 heavy (non-hydrogen) atoms. The fourth-order valence-corrected chi connectivity index (χ4v) is 4.42. The van der Waals surface area contributed by atoms with Crippen LogP contribution in [0.2, 0.25) is 0 Å². The molecule has 0 aromatic rings. The van der Waals surface area contributed by atoms with Crippen molar-refractivity contribution in [3.63, 3.8) is 0 Å². The third kappa shape index (κ3) is 2.91. The summed E-state index contributed by atoms with van der Waals surface area (Å²) in [4.78, 5) is 11.8. The van der Waals surface area contributed by atoms with Crippen molar-refractivity contribution in [2.45, 2.75) is 38.3 Å². The van der Waals surface area contributed by atoms with Crippen molar-refractivity contribution in [1.29, 1.82) is 0 Å². The van der Waals surface area contributed by atoms with Crippen LogP contribution in [0, 0.1) is 0 Å². The third-order valence-electron chi connectivity index (χ3n) is 3.51. The van der Waals surface area contributed by atoms with Crippen molar-refractivity contribution in [2.75, 3.05) is 26.2 Å². The number of aliphatic hydroxyl groups excluding tert-OH is 1. The Morgan fingerprint density at radius 2 is 2.11 bits per heavy atom. The third-order valence-corrected chi connectivity index (χ3v) is 5.53. The fraction of sp³-hybridized carbons (Fsp3) is 0.909. The van der Waals surface area contributed by atoms with E-state index in [0.29, 0.717) is 32.4 Å². The van der Waals surface area contributed by atoms with Gasteiger partial charge in [-0.1, -0.05) is 0 Å². The van der Waals surface area contributed by atoms with E-state index in [-0.39, 0.29) is 13.2 Å². The monoisotopic (exact) mass is 292 g/mol. The van der Waals surface area contributed by atoms with Crippen LogP contribution in [-0.2, 0) is 19.7 Å². The zero-order valence-electron chi connectivity index (χ0n) is 11.0. The van der Waals surface area contributed by atoms with Crippen LogP contribution in [0.25, 0.3) is 0 Å². The molecule has 1 unspecified atom stereocenters. The molecular formula is C11H20N2O5S. The average Bonchev–Trinajstić information content (AvgIpc) is 2.97. The maximum absolute atomic E-state index is 12.4. The highest BCUT2D eigenvalue weighted by atomic mass is 32.2. The minimum atomic E-state index is -3.68. The topological polar surface area (TPSA) is 87.2 Å². The number of hydrogen-bond acceptors (Lipinski definition) is 5. The number of carbonyl (C=O) groups excluding carboxylic acids is 1. The van der Waals surface area contributed by atoms with E-state index in [0.717, 1.165) is 0 Å². The highest BCUT2D eigenvalue weighted by Crippen LogP contribution is 2.26. The number of nitrogens with zero attached hydrogens (tertiary/aromatic N) is 2. The summed E-state index contributed by atoms with van der Waals surface area (Å²) in [5.41, 5.74) is 0. The molecule has 0 bridgehead atoms. The standard InChI is InChI=1S/C11H20N2O5S/c1-2-18-11(15)10-4-3-6-13(10)19(16,17)12-7-5-9(14)8-12/h9-10,14H,2-8H2,1H3/t9-,10?/m1/s1. The Hall–Kier alpha value is -0.700. The Balaban J connectivity index is 2.12. The van der Waals surface area contributed by atoms with Gasteiger partial charge in [0.05, 0.1) is 12.7 Å². The van der Waals surface area contributed by atoms with Crippen molar-refractivity contribution >= 4 is 16.2 Å². The highest BCUT2D eigenvalue weighted by molar-refractivity contribution is 7.86. The number of rotatable bonds is 4. The molecule has 0 saturated carbocycles. The second-order valence-corrected chi connectivity index (χ2v) is 6.71. The lowest BCUT2D eigenvalue weighted by Gasteiger charge is -2.27. The van der Waals surface area contributed by atoms with Crippen LogP contribution >= 0.6 is 0 Å². The normalized spacial score (nSPS) is 29.8. The summed E-state index contributed by atoms with van der Waals surface area (Å²) in [6.07, 6.45) is 0.975. The van der Waals surface area contributed by atoms with E-state index in [1.807, 2.05) is 0 Å². The van der Waals surface area contributed by atoms with Crippen LogP contribution in [0.15, 0.2) is 0 Å². The molecule has 0 aliphatic carbocycles. The lowest BCUT2D eigenvalue weighted by atomic mass is 10.2. The summed E-state index contributed by atoms with van der Waals surface area (Å²) >= 11 is 0. The van der Waals surface area contributed by atoms with Gasteiger partial charge < -0.3 is 9.84 Å². The first-order chi connectivity index (χ1) is 8.96. The number of carbonyl (C=O) groups is 1. The summed E-state index contributed by atoms with van der Waals surface area (Å²) in [7, 11) is -3.68. The highest BCUT2D eigenvalue weighted by Gasteiger charge is 2.44. The summed E-state index contributed by atoms with van der Waals surface area (Å²) in [6.45, 7) is 2.68. The Morgan fingerprint density at radius 1 is 1.37 bits per heavy atom. The molecule has 2 atom stereocenters. The summed E-state index contributed by atoms with van der Waals surface area (Å²) < 4.78 is 32.2. The van der Waals surface area contributed by atoms with Crippen LogP contribution < -0.4 is 0 Å². The molecule has 1 N–H and O–H groups in total. The summed E-state index contributed by atoms with van der Waals surface area (Å²) in [5.74, 6) is -0.483. The lowest BCUT2D eigenvalue weighted by molar-refractivity contribution is -0.146. The Labute approximate surface area is 113 Å². The predicted octanol–water partition coefficient (Wildman–Crippen LogP) is -0.675. The Kier molecular flexibility index (Phi) is 4.44. The van der Waals surface area contributed by atoms with Crippen molar-refractivity contribution < 1.29 is 23.1 Å². The van der Waals surface area contributed by atoms with Gasteiger partial charge in [-0.3, -0.25) is 4.79 Å². The van der Waals surface area contributed by atoms with Crippen LogP contribution in [-0.4, -0.2) is 66.5 Å². The minimum Gasteiger partial charge on any atom is -0.465 e. The van der Waals surface area contributed by atoms with Gasteiger partial charge in [-0.2, -0.15) is 17.0 Å². The van der Waals surface area contributed by atoms with Crippen molar-refractivity contribution in [3.05, 3.63) is 0 Å². The summed E-state index contributed by atoms with van der Waals surface area (Å²) in [6, 6.07) is -0.720. The molecule has 7 nitrogen and oxygen atoms in total. The molecule has 2 aliphatic heterocycles. The summed E-state index contributed by atoms with van der Waals surface area (Å²) in [5, 5.41) is 9.45. The first kappa shape index (κ1) is 14.7. The molecule has 0 radical (unpaired) electrons. The van der Waals surface area contributed by atoms with Gasteiger partial charge in [0.2, 0.25) is 0 Å². The average molecular weight is 292 g/mol. The lowest BCUT2D eigenvalue weighted by Crippen LogP contribution is -2.48. The van der Waals surface area contributed by atoms with E-state index in [4.69, 9.17) is 4.74 Å². The van der Waals surface area contributed by atoms with Crippen molar-refractivity contribution in [2.24, 2.45) is 0 Å². The molecule has 8 heteroatoms. The molecule has 2 fully saturated rings. The zero-order chi connectivity index (χ0) is 14.0. The van der Waals surface area contributed by atoms with Crippen LogP contribution in [0.4, 0.5) is 0 Å². The van der Waals surface area contributed by atoms with Gasteiger partial charge in [0.1, 0.15) is 6.04 Å². The largest absolute Gasteiger partial charge is 0.465 e. The molecule has 0 spiro atoms. The van der Waals surface area contributed by atoms with Crippen LogP contribution in [0.1, 0.15) is 26.2 Å². The van der Waals surface area contributed by atoms with Crippen LogP contribution in [0.5, 0.6) is 0 Å². The maximum atomic E-state index is 12.4. The second-order valence-electron chi connectivity index (χ2n) is 4.83. The van der Waals surface area contributed by atoms with E-state index in [9.17, 15) is 18.3 Å². The number of ether oxygens (including phenoxy) is 1. The van der Waals surface area contributed by atoms with E-state index in [1.165, 1.54) is 8.61 Å². The quantitative estimate of drug-likeness (QED) is 0.694. The number of esters is 1. The number of β-amino-alcohol motifs (C(OH)–C–C–N with tert-alkyl or cyclic N) is 1. The predicted molar refractivity (Wildman–Crippen MR) is 67.5 cm³/mol. The molecule has 2 saturated heterocycles. The van der Waals surface area contributed by atoms with Gasteiger partial charge in [-0.15, -0.1) is 0 Å². The molecule has 110 valence electrons. The number of hydrogen-bond donors (Lipinski definition) is 1. The maximum Gasteiger partial charge on any atom is 0.324 e. The molecule has 2 aliphatic rings. The van der Waals surface area contributed by atoms with E-state index in [2.05, 4.69) is 0 Å². The SMILES string of the molecule is CCOC(=O)C1CCCN1S(=O)(=O)N1CC[C@@H](O)C1. The zero-order valence-corrected chi connectivity index (χ0v) is 11.8. The Morgan fingerprint density at radius 3 is 2.68 bits per heavy atom. The first-order valence-corrected chi connectivity index (χ1v) is 7.98. The van der Waals surface area contributed by atoms with Crippen molar-refractivity contribution in [3.8, 4) is 0 Å². The molecule has 2 heterocycles. The smallest absolute Gasteiger partial charge is 0.324 e. The number of aliphatic hydroxyl groups is 1. The van der Waals surface area contributed by atoms with Gasteiger partial charge in [0, 0.05) is 19.6 Å². The second kappa shape index (κ2) is 5.74. The fourth-order valence-electron chi connectivity index (χ4n) is 2.56. The Bertz CT molecular complexity index is 438. The molecule has 0 amide bonds. The van der Waals surface area contributed by atoms with Gasteiger partial charge in [-0.05, 0) is 26.2 Å². The van der Waals surface area contributed by atoms with Crippen LogP contribution in [0.3, 0.4) is 0 Å². The van der Waals surface area contributed by atoms with Gasteiger partial charge >= 0.3 is 5.97 Å². The van der Waals surface area contributed by atoms with E-state index >= 15 is 0 Å². The first-order valence-electron chi connectivity index (χ1n) is 6.58. The molecule has 0 aromatic carbocycles. The van der Waals surface area contributed by atoms with Gasteiger partial charge in [0.15, 0.2) is 0 Å². The molecule has 2 rings (SSSR count). The van der Waals surface area contributed by atoms with Gasteiger partial charge in [0.25, 0.3) is 10.2 Å². The molecule has 0 aromatic heterocycles. The minimum absolute atomic E-state index is 0.106. The van der Waals surface area contributed by atoms with E-state index in [1.54, 1.807) is 6.92 Å². The van der Waals surface area contributed by atoms with E-state index < -0.39 is 28.3 Å². The molecular weight excluding hydrogens is 272 g/mol. The van der Waals surface area contributed by atoms with Gasteiger partial charge in [-0.25, -0.2) is 0 Å².